The number of nitrogens with zero attached hydrogens (tertiary/aromatic N) is 3. The van der Waals surface area contributed by atoms with Crippen LogP contribution in [0.3, 0.4) is 0 Å². The molecule has 3 rings (SSSR count). The maximum absolute atomic E-state index is 11.1. The summed E-state index contributed by atoms with van der Waals surface area (Å²) in [5, 5.41) is 13.0. The van der Waals surface area contributed by atoms with Crippen molar-refractivity contribution in [3.8, 4) is 11.4 Å². The molecule has 0 radical (unpaired) electrons. The highest BCUT2D eigenvalue weighted by atomic mass is 16.5. The highest BCUT2D eigenvalue weighted by molar-refractivity contribution is 5.77. The van der Waals surface area contributed by atoms with Crippen LogP contribution in [-0.2, 0) is 4.79 Å². The topological polar surface area (TPSA) is 89.1 Å². The molecule has 0 aliphatic heterocycles. The number of carboxylic acids is 1. The van der Waals surface area contributed by atoms with Crippen LogP contribution in [0.2, 0.25) is 0 Å². The van der Waals surface area contributed by atoms with Gasteiger partial charge in [-0.25, -0.2) is 0 Å². The van der Waals surface area contributed by atoms with Crippen LogP contribution in [0.1, 0.15) is 25.7 Å². The molecule has 1 aliphatic rings. The van der Waals surface area contributed by atoms with Crippen molar-refractivity contribution < 1.29 is 14.4 Å². The third kappa shape index (κ3) is 1.80. The van der Waals surface area contributed by atoms with Crippen molar-refractivity contribution in [2.45, 2.75) is 19.8 Å². The van der Waals surface area contributed by atoms with E-state index in [9.17, 15) is 4.79 Å². The molecule has 0 amide bonds. The lowest BCUT2D eigenvalue weighted by Crippen LogP contribution is -2.03. The summed E-state index contributed by atoms with van der Waals surface area (Å²) in [5.41, 5.74) is 0.462. The van der Waals surface area contributed by atoms with Gasteiger partial charge in [-0.05, 0) is 17.5 Å². The molecule has 6 heteroatoms. The van der Waals surface area contributed by atoms with E-state index in [0.29, 0.717) is 11.7 Å². The van der Waals surface area contributed by atoms with Gasteiger partial charge in [0.05, 0.1) is 11.8 Å². The predicted molar refractivity (Wildman–Crippen MR) is 65.2 cm³/mol. The average molecular weight is 259 g/mol. The molecule has 0 aromatic carbocycles. The minimum absolute atomic E-state index is 0.215. The molecular formula is C13H13N3O3. The van der Waals surface area contributed by atoms with Crippen LogP contribution in [0.4, 0.5) is 0 Å². The minimum Gasteiger partial charge on any atom is -0.481 e. The highest BCUT2D eigenvalue weighted by Gasteiger charge is 2.65. The molecule has 0 unspecified atom stereocenters. The Kier molecular flexibility index (Phi) is 2.41. The standard InChI is InChI=1S/C13H13N3O3/c1-13(2)8(9(13)12(17)18)11-15-10(16-19-11)7-3-5-14-6-4-7/h3-6,8-9H,1-2H3,(H,17,18)/t8-,9+/m1/s1. The van der Waals surface area contributed by atoms with Gasteiger partial charge in [0.15, 0.2) is 0 Å². The normalized spacial score (nSPS) is 24.1. The lowest BCUT2D eigenvalue weighted by atomic mass is 10.1. The number of carbonyl (C=O) groups is 1. The summed E-state index contributed by atoms with van der Waals surface area (Å²) in [5.74, 6) is -0.640. The number of carboxylic acid groups (broad SMARTS) is 1. The van der Waals surface area contributed by atoms with Gasteiger partial charge in [-0.1, -0.05) is 19.0 Å². The van der Waals surface area contributed by atoms with E-state index in [1.807, 2.05) is 13.8 Å². The Hall–Kier alpha value is -2.24. The van der Waals surface area contributed by atoms with E-state index in [1.165, 1.54) is 0 Å². The first-order valence-corrected chi connectivity index (χ1v) is 5.98. The van der Waals surface area contributed by atoms with Gasteiger partial charge in [-0.15, -0.1) is 0 Å². The summed E-state index contributed by atoms with van der Waals surface area (Å²) in [7, 11) is 0. The van der Waals surface area contributed by atoms with Gasteiger partial charge in [-0.3, -0.25) is 9.78 Å². The van der Waals surface area contributed by atoms with E-state index in [1.54, 1.807) is 24.5 Å². The van der Waals surface area contributed by atoms with Crippen molar-refractivity contribution in [3.63, 3.8) is 0 Å². The first kappa shape index (κ1) is 11.8. The van der Waals surface area contributed by atoms with Gasteiger partial charge in [0.25, 0.3) is 0 Å². The fraction of sp³-hybridized carbons (Fsp3) is 0.385. The van der Waals surface area contributed by atoms with Crippen LogP contribution in [0.25, 0.3) is 11.4 Å². The number of aromatic nitrogens is 3. The quantitative estimate of drug-likeness (QED) is 0.906. The first-order chi connectivity index (χ1) is 9.01. The fourth-order valence-corrected chi connectivity index (χ4v) is 2.54. The van der Waals surface area contributed by atoms with Gasteiger partial charge >= 0.3 is 5.97 Å². The molecule has 0 bridgehead atoms. The maximum atomic E-state index is 11.1. The Balaban J connectivity index is 1.90. The number of hydrogen-bond acceptors (Lipinski definition) is 5. The van der Waals surface area contributed by atoms with Gasteiger partial charge in [0.2, 0.25) is 11.7 Å². The van der Waals surface area contributed by atoms with Gasteiger partial charge < -0.3 is 9.63 Å². The molecule has 0 saturated heterocycles. The van der Waals surface area contributed by atoms with E-state index in [0.717, 1.165) is 5.56 Å². The van der Waals surface area contributed by atoms with Crippen molar-refractivity contribution >= 4 is 5.97 Å². The van der Waals surface area contributed by atoms with Crippen LogP contribution >= 0.6 is 0 Å². The molecule has 1 N–H and O–H groups in total. The fourth-order valence-electron chi connectivity index (χ4n) is 2.54. The molecule has 98 valence electrons. The largest absolute Gasteiger partial charge is 0.481 e. The monoisotopic (exact) mass is 259 g/mol. The second-order valence-corrected chi connectivity index (χ2v) is 5.31. The Morgan fingerprint density at radius 1 is 1.37 bits per heavy atom. The molecule has 6 nitrogen and oxygen atoms in total. The van der Waals surface area contributed by atoms with Crippen molar-refractivity contribution in [1.29, 1.82) is 0 Å². The third-order valence-electron chi connectivity index (χ3n) is 3.74. The molecule has 2 atom stereocenters. The highest BCUT2D eigenvalue weighted by Crippen LogP contribution is 2.64. The zero-order valence-electron chi connectivity index (χ0n) is 10.6. The molecular weight excluding hydrogens is 246 g/mol. The lowest BCUT2D eigenvalue weighted by Gasteiger charge is -1.96. The van der Waals surface area contributed by atoms with Crippen LogP contribution in [0.5, 0.6) is 0 Å². The Morgan fingerprint density at radius 2 is 2.05 bits per heavy atom. The summed E-state index contributed by atoms with van der Waals surface area (Å²) in [6.45, 7) is 3.79. The molecule has 1 saturated carbocycles. The van der Waals surface area contributed by atoms with E-state index >= 15 is 0 Å². The zero-order valence-corrected chi connectivity index (χ0v) is 10.6. The van der Waals surface area contributed by atoms with Crippen LogP contribution in [-0.4, -0.2) is 26.2 Å². The molecule has 19 heavy (non-hydrogen) atoms. The summed E-state index contributed by atoms with van der Waals surface area (Å²) in [6, 6.07) is 3.56. The van der Waals surface area contributed by atoms with Crippen LogP contribution in [0, 0.1) is 11.3 Å². The maximum Gasteiger partial charge on any atom is 0.307 e. The average Bonchev–Trinajstić information content (AvgIpc) is 2.76. The van der Waals surface area contributed by atoms with Crippen molar-refractivity contribution in [1.82, 2.24) is 15.1 Å². The lowest BCUT2D eigenvalue weighted by molar-refractivity contribution is -0.139. The molecule has 1 fully saturated rings. The second-order valence-electron chi connectivity index (χ2n) is 5.31. The summed E-state index contributed by atoms with van der Waals surface area (Å²) in [4.78, 5) is 19.4. The van der Waals surface area contributed by atoms with Gasteiger partial charge in [0.1, 0.15) is 0 Å². The second kappa shape index (κ2) is 3.88. The summed E-state index contributed by atoms with van der Waals surface area (Å²) < 4.78 is 5.21. The Morgan fingerprint density at radius 3 is 2.63 bits per heavy atom. The summed E-state index contributed by atoms with van der Waals surface area (Å²) >= 11 is 0. The van der Waals surface area contributed by atoms with Crippen molar-refractivity contribution in [3.05, 3.63) is 30.4 Å². The van der Waals surface area contributed by atoms with E-state index in [4.69, 9.17) is 9.63 Å². The van der Waals surface area contributed by atoms with E-state index < -0.39 is 11.9 Å². The summed E-state index contributed by atoms with van der Waals surface area (Å²) in [6.07, 6.45) is 3.29. The van der Waals surface area contributed by atoms with Gasteiger partial charge in [0, 0.05) is 18.0 Å². The molecule has 0 spiro atoms. The number of hydrogen-bond donors (Lipinski definition) is 1. The Labute approximate surface area is 109 Å². The van der Waals surface area contributed by atoms with Crippen molar-refractivity contribution in [2.24, 2.45) is 11.3 Å². The predicted octanol–water partition coefficient (Wildman–Crippen LogP) is 1.96. The van der Waals surface area contributed by atoms with E-state index in [2.05, 4.69) is 15.1 Å². The van der Waals surface area contributed by atoms with Gasteiger partial charge in [-0.2, -0.15) is 4.98 Å². The zero-order chi connectivity index (χ0) is 13.6. The number of aliphatic carboxylic acids is 1. The molecule has 1 aliphatic carbocycles. The molecule has 2 aromatic heterocycles. The third-order valence-corrected chi connectivity index (χ3v) is 3.74. The number of rotatable bonds is 3. The SMILES string of the molecule is CC1(C)[C@H](C(=O)O)[C@@H]1c1nc(-c2ccncc2)no1. The van der Waals surface area contributed by atoms with E-state index in [-0.39, 0.29) is 11.3 Å². The first-order valence-electron chi connectivity index (χ1n) is 5.98. The minimum atomic E-state index is -0.821. The van der Waals surface area contributed by atoms with Crippen LogP contribution in [0.15, 0.2) is 29.0 Å². The molecule has 2 heterocycles. The van der Waals surface area contributed by atoms with Crippen LogP contribution < -0.4 is 0 Å². The smallest absolute Gasteiger partial charge is 0.307 e. The Bertz CT molecular complexity index is 621. The number of pyridine rings is 1. The molecule has 2 aromatic rings. The van der Waals surface area contributed by atoms with Crippen molar-refractivity contribution in [2.75, 3.05) is 0 Å².